The largest absolute Gasteiger partial charge is 0.478 e. The number of carboxylic acid groups (broad SMARTS) is 1. The van der Waals surface area contributed by atoms with Crippen LogP contribution in [0.15, 0.2) is 79.0 Å². The number of benzene rings is 2. The summed E-state index contributed by atoms with van der Waals surface area (Å²) in [4.78, 5) is 18.4. The first kappa shape index (κ1) is 22.8. The number of nitrogens with one attached hydrogen (secondary N) is 1. The van der Waals surface area contributed by atoms with Gasteiger partial charge >= 0.3 is 5.97 Å². The van der Waals surface area contributed by atoms with E-state index in [1.54, 1.807) is 24.4 Å². The Labute approximate surface area is 209 Å². The fourth-order valence-electron chi connectivity index (χ4n) is 4.92. The fourth-order valence-corrected chi connectivity index (χ4v) is 5.26. The number of pyridine rings is 1. The summed E-state index contributed by atoms with van der Waals surface area (Å²) < 4.78 is 2.10. The van der Waals surface area contributed by atoms with Crippen molar-refractivity contribution in [1.82, 2.24) is 14.9 Å². The van der Waals surface area contributed by atoms with Crippen molar-refractivity contribution in [2.45, 2.75) is 32.9 Å². The standard InChI is InChI=1S/C28H26N4O2S/c1-17-10-12-21(13-11-17)32-26(25(30-28(32)35)24-9-4-5-14-29-24)23-15-18(2)31(19(23)3)22-8-6-7-20(16-22)27(33)34/h4-16,25-26H,1-3H3,(H,30,35)(H,33,34). The molecule has 0 bridgehead atoms. The molecule has 5 rings (SSSR count). The first-order chi connectivity index (χ1) is 16.8. The molecule has 0 spiro atoms. The Morgan fingerprint density at radius 2 is 1.74 bits per heavy atom. The third kappa shape index (κ3) is 4.08. The molecule has 2 aromatic carbocycles. The number of anilines is 1. The van der Waals surface area contributed by atoms with Crippen molar-refractivity contribution < 1.29 is 9.90 Å². The number of aromatic carboxylic acids is 1. The summed E-state index contributed by atoms with van der Waals surface area (Å²) in [7, 11) is 0. The van der Waals surface area contributed by atoms with Crippen molar-refractivity contribution >= 4 is 29.0 Å². The van der Waals surface area contributed by atoms with Gasteiger partial charge in [-0.3, -0.25) is 4.98 Å². The van der Waals surface area contributed by atoms with E-state index >= 15 is 0 Å². The second kappa shape index (κ2) is 9.00. The number of hydrogen-bond donors (Lipinski definition) is 2. The molecule has 0 radical (unpaired) electrons. The quantitative estimate of drug-likeness (QED) is 0.357. The fraction of sp³-hybridized carbons (Fsp3) is 0.179. The van der Waals surface area contributed by atoms with E-state index in [1.807, 2.05) is 31.2 Å². The van der Waals surface area contributed by atoms with E-state index in [4.69, 9.17) is 12.2 Å². The van der Waals surface area contributed by atoms with Crippen molar-refractivity contribution in [3.63, 3.8) is 0 Å². The van der Waals surface area contributed by atoms with Crippen LogP contribution < -0.4 is 10.2 Å². The Hall–Kier alpha value is -3.97. The molecule has 0 amide bonds. The molecule has 2 atom stereocenters. The van der Waals surface area contributed by atoms with Crippen molar-refractivity contribution in [3.8, 4) is 5.69 Å². The topological polar surface area (TPSA) is 70.4 Å². The van der Waals surface area contributed by atoms with Crippen LogP contribution >= 0.6 is 12.2 Å². The Bertz CT molecular complexity index is 1410. The smallest absolute Gasteiger partial charge is 0.335 e. The summed E-state index contributed by atoms with van der Waals surface area (Å²) in [5.74, 6) is -0.944. The van der Waals surface area contributed by atoms with E-state index in [0.29, 0.717) is 5.11 Å². The minimum atomic E-state index is -0.944. The zero-order chi connectivity index (χ0) is 24.7. The van der Waals surface area contributed by atoms with Crippen LogP contribution in [-0.2, 0) is 0 Å². The van der Waals surface area contributed by atoms with E-state index in [0.717, 1.165) is 34.0 Å². The van der Waals surface area contributed by atoms with Crippen LogP contribution in [0.4, 0.5) is 5.69 Å². The number of hydrogen-bond acceptors (Lipinski definition) is 3. The molecule has 35 heavy (non-hydrogen) atoms. The Kier molecular flexibility index (Phi) is 5.86. The van der Waals surface area contributed by atoms with Gasteiger partial charge in [0.25, 0.3) is 0 Å². The van der Waals surface area contributed by atoms with E-state index in [9.17, 15) is 9.90 Å². The minimum absolute atomic E-state index is 0.136. The van der Waals surface area contributed by atoms with Gasteiger partial charge < -0.3 is 19.9 Å². The molecule has 2 N–H and O–H groups in total. The molecular weight excluding hydrogens is 456 g/mol. The van der Waals surface area contributed by atoms with Crippen molar-refractivity contribution in [2.24, 2.45) is 0 Å². The van der Waals surface area contributed by atoms with E-state index in [-0.39, 0.29) is 17.6 Å². The lowest BCUT2D eigenvalue weighted by Crippen LogP contribution is -2.29. The number of aromatic nitrogens is 2. The maximum atomic E-state index is 11.6. The predicted octanol–water partition coefficient (Wildman–Crippen LogP) is 5.67. The normalized spacial score (nSPS) is 17.5. The van der Waals surface area contributed by atoms with Crippen LogP contribution in [0.3, 0.4) is 0 Å². The first-order valence-electron chi connectivity index (χ1n) is 11.4. The zero-order valence-corrected chi connectivity index (χ0v) is 20.6. The van der Waals surface area contributed by atoms with Crippen molar-refractivity contribution in [3.05, 3.63) is 113 Å². The van der Waals surface area contributed by atoms with E-state index in [2.05, 4.69) is 63.9 Å². The molecule has 6 nitrogen and oxygen atoms in total. The number of thiocarbonyl (C=S) groups is 1. The van der Waals surface area contributed by atoms with Crippen molar-refractivity contribution in [2.75, 3.05) is 4.90 Å². The molecule has 2 aromatic heterocycles. The predicted molar refractivity (Wildman–Crippen MR) is 141 cm³/mol. The third-order valence-corrected chi connectivity index (χ3v) is 6.87. The molecule has 0 aliphatic carbocycles. The Morgan fingerprint density at radius 3 is 2.43 bits per heavy atom. The van der Waals surface area contributed by atoms with Gasteiger partial charge in [-0.1, -0.05) is 29.8 Å². The highest BCUT2D eigenvalue weighted by Gasteiger charge is 2.42. The lowest BCUT2D eigenvalue weighted by molar-refractivity contribution is 0.0697. The van der Waals surface area contributed by atoms with Crippen LogP contribution in [0, 0.1) is 20.8 Å². The van der Waals surface area contributed by atoms with Gasteiger partial charge in [0, 0.05) is 29.0 Å². The maximum absolute atomic E-state index is 11.6. The molecule has 2 unspecified atom stereocenters. The van der Waals surface area contributed by atoms with Crippen LogP contribution in [0.2, 0.25) is 0 Å². The number of carboxylic acids is 1. The summed E-state index contributed by atoms with van der Waals surface area (Å²) >= 11 is 5.85. The van der Waals surface area contributed by atoms with Gasteiger partial charge in [0.05, 0.1) is 23.3 Å². The second-order valence-corrected chi connectivity index (χ2v) is 9.24. The van der Waals surface area contributed by atoms with Crippen molar-refractivity contribution in [1.29, 1.82) is 0 Å². The third-order valence-electron chi connectivity index (χ3n) is 6.55. The molecule has 1 aliphatic heterocycles. The number of carbonyl (C=O) groups is 1. The highest BCUT2D eigenvalue weighted by molar-refractivity contribution is 7.80. The molecular formula is C28H26N4O2S. The molecule has 176 valence electrons. The highest BCUT2D eigenvalue weighted by Crippen LogP contribution is 2.43. The van der Waals surface area contributed by atoms with Gasteiger partial charge in [-0.05, 0) is 87.1 Å². The lowest BCUT2D eigenvalue weighted by Gasteiger charge is -2.28. The average Bonchev–Trinajstić information content (AvgIpc) is 3.35. The van der Waals surface area contributed by atoms with E-state index < -0.39 is 5.97 Å². The summed E-state index contributed by atoms with van der Waals surface area (Å²) in [5.41, 5.74) is 7.32. The van der Waals surface area contributed by atoms with Gasteiger partial charge in [-0.15, -0.1) is 0 Å². The number of nitrogens with zero attached hydrogens (tertiary/aromatic N) is 3. The Balaban J connectivity index is 1.67. The van der Waals surface area contributed by atoms with Crippen LogP contribution in [0.25, 0.3) is 5.69 Å². The maximum Gasteiger partial charge on any atom is 0.335 e. The van der Waals surface area contributed by atoms with Gasteiger partial charge in [-0.2, -0.15) is 0 Å². The first-order valence-corrected chi connectivity index (χ1v) is 11.9. The zero-order valence-electron chi connectivity index (χ0n) is 19.8. The van der Waals surface area contributed by atoms with Gasteiger partial charge in [0.2, 0.25) is 0 Å². The summed E-state index contributed by atoms with van der Waals surface area (Å²) in [5, 5.41) is 13.7. The van der Waals surface area contributed by atoms with Crippen LogP contribution in [0.1, 0.15) is 50.7 Å². The molecule has 7 heteroatoms. The summed E-state index contributed by atoms with van der Waals surface area (Å²) in [6.07, 6.45) is 1.80. The number of aryl methyl sites for hydroxylation is 2. The summed E-state index contributed by atoms with van der Waals surface area (Å²) in [6.45, 7) is 6.17. The minimum Gasteiger partial charge on any atom is -0.478 e. The van der Waals surface area contributed by atoms with E-state index in [1.165, 1.54) is 5.56 Å². The van der Waals surface area contributed by atoms with Gasteiger partial charge in [0.1, 0.15) is 0 Å². The number of rotatable bonds is 5. The molecule has 1 fully saturated rings. The lowest BCUT2D eigenvalue weighted by atomic mass is 9.96. The van der Waals surface area contributed by atoms with Gasteiger partial charge in [-0.25, -0.2) is 4.79 Å². The second-order valence-electron chi connectivity index (χ2n) is 8.85. The molecule has 0 saturated carbocycles. The highest BCUT2D eigenvalue weighted by atomic mass is 32.1. The Morgan fingerprint density at radius 1 is 0.971 bits per heavy atom. The van der Waals surface area contributed by atoms with Crippen LogP contribution in [0.5, 0.6) is 0 Å². The van der Waals surface area contributed by atoms with Gasteiger partial charge in [0.15, 0.2) is 5.11 Å². The molecule has 1 aliphatic rings. The SMILES string of the molecule is Cc1ccc(N2C(=S)NC(c3ccccn3)C2c2cc(C)n(-c3cccc(C(=O)O)c3)c2C)cc1. The molecule has 3 heterocycles. The molecule has 1 saturated heterocycles. The van der Waals surface area contributed by atoms with Crippen LogP contribution in [-0.4, -0.2) is 25.7 Å². The summed E-state index contributed by atoms with van der Waals surface area (Å²) in [6, 6.07) is 23.2. The molecule has 4 aromatic rings. The monoisotopic (exact) mass is 482 g/mol. The average molecular weight is 483 g/mol.